The monoisotopic (exact) mass is 494 g/mol. The van der Waals surface area contributed by atoms with Crippen LogP contribution in [-0.2, 0) is 24.9 Å². The van der Waals surface area contributed by atoms with E-state index in [1.165, 1.54) is 37.7 Å². The molecule has 1 aromatic heterocycles. The van der Waals surface area contributed by atoms with Crippen LogP contribution in [0.2, 0.25) is 0 Å². The second-order valence-electron chi connectivity index (χ2n) is 7.69. The van der Waals surface area contributed by atoms with Crippen LogP contribution in [-0.4, -0.2) is 33.8 Å². The molecule has 0 saturated heterocycles. The Bertz CT molecular complexity index is 779. The average molecular weight is 494 g/mol. The number of halogens is 1. The summed E-state index contributed by atoms with van der Waals surface area (Å²) in [4.78, 5) is 4.79. The van der Waals surface area contributed by atoms with Gasteiger partial charge in [0.1, 0.15) is 12.4 Å². The van der Waals surface area contributed by atoms with Crippen molar-refractivity contribution in [3.63, 3.8) is 0 Å². The lowest BCUT2D eigenvalue weighted by Crippen LogP contribution is -2.44. The molecule has 152 valence electrons. The van der Waals surface area contributed by atoms with Crippen molar-refractivity contribution in [2.75, 3.05) is 13.1 Å². The number of aryl methyl sites for hydroxylation is 1. The number of benzene rings is 1. The zero-order valence-corrected chi connectivity index (χ0v) is 19.0. The Labute approximate surface area is 184 Å². The van der Waals surface area contributed by atoms with Crippen molar-refractivity contribution in [1.29, 1.82) is 0 Å². The van der Waals surface area contributed by atoms with Gasteiger partial charge in [0.2, 0.25) is 0 Å². The Morgan fingerprint density at radius 2 is 1.89 bits per heavy atom. The van der Waals surface area contributed by atoms with Crippen molar-refractivity contribution in [1.82, 2.24) is 25.4 Å². The van der Waals surface area contributed by atoms with Gasteiger partial charge in [-0.15, -0.1) is 34.2 Å². The van der Waals surface area contributed by atoms with E-state index in [1.54, 1.807) is 0 Å². The maximum absolute atomic E-state index is 4.79. The van der Waals surface area contributed by atoms with Crippen LogP contribution in [0.5, 0.6) is 0 Å². The molecule has 4 rings (SSSR count). The maximum Gasteiger partial charge on any atom is 0.191 e. The number of hydrogen-bond donors (Lipinski definition) is 2. The lowest BCUT2D eigenvalue weighted by atomic mass is 9.79. The number of aromatic nitrogens is 3. The molecule has 2 heterocycles. The number of guanidine groups is 1. The smallest absolute Gasteiger partial charge is 0.191 e. The Morgan fingerprint density at radius 1 is 1.11 bits per heavy atom. The Kier molecular flexibility index (Phi) is 7.31. The number of rotatable bonds is 6. The van der Waals surface area contributed by atoms with Gasteiger partial charge in [-0.2, -0.15) is 0 Å². The largest absolute Gasteiger partial charge is 0.357 e. The molecule has 0 unspecified atom stereocenters. The van der Waals surface area contributed by atoms with Crippen LogP contribution in [0, 0.1) is 0 Å². The molecule has 6 nitrogen and oxygen atoms in total. The fraction of sp³-hybridized carbons (Fsp3) is 0.571. The fourth-order valence-corrected chi connectivity index (χ4v) is 4.48. The van der Waals surface area contributed by atoms with Crippen molar-refractivity contribution in [3.8, 4) is 0 Å². The SMILES string of the molecule is CCNC(=NCc1nnc2n1CCC2)NCC1(c2ccccc2)CCCC1.I. The first kappa shape index (κ1) is 21.1. The topological polar surface area (TPSA) is 67.1 Å². The first-order valence-electron chi connectivity index (χ1n) is 10.3. The van der Waals surface area contributed by atoms with Crippen molar-refractivity contribution >= 4 is 29.9 Å². The lowest BCUT2D eigenvalue weighted by molar-refractivity contribution is 0.431. The Hall–Kier alpha value is -1.64. The van der Waals surface area contributed by atoms with Gasteiger partial charge in [0.15, 0.2) is 11.8 Å². The van der Waals surface area contributed by atoms with E-state index >= 15 is 0 Å². The number of nitrogens with one attached hydrogen (secondary N) is 2. The zero-order chi connectivity index (χ0) is 18.5. The van der Waals surface area contributed by atoms with Gasteiger partial charge >= 0.3 is 0 Å². The summed E-state index contributed by atoms with van der Waals surface area (Å²) < 4.78 is 2.22. The minimum absolute atomic E-state index is 0. The molecule has 28 heavy (non-hydrogen) atoms. The van der Waals surface area contributed by atoms with E-state index in [0.717, 1.165) is 43.7 Å². The van der Waals surface area contributed by atoms with E-state index in [2.05, 4.69) is 62.7 Å². The molecule has 1 fully saturated rings. The highest BCUT2D eigenvalue weighted by molar-refractivity contribution is 14.0. The van der Waals surface area contributed by atoms with Crippen molar-refractivity contribution in [2.24, 2.45) is 4.99 Å². The summed E-state index contributed by atoms with van der Waals surface area (Å²) >= 11 is 0. The van der Waals surface area contributed by atoms with Gasteiger partial charge in [0, 0.05) is 31.5 Å². The number of aliphatic imine (C=N–C) groups is 1. The molecular weight excluding hydrogens is 463 g/mol. The summed E-state index contributed by atoms with van der Waals surface area (Å²) in [6, 6.07) is 11.0. The third-order valence-corrected chi connectivity index (χ3v) is 5.95. The van der Waals surface area contributed by atoms with Gasteiger partial charge in [-0.05, 0) is 31.7 Å². The first-order valence-corrected chi connectivity index (χ1v) is 10.3. The molecule has 1 aliphatic heterocycles. The summed E-state index contributed by atoms with van der Waals surface area (Å²) in [5.74, 6) is 2.94. The summed E-state index contributed by atoms with van der Waals surface area (Å²) in [5.41, 5.74) is 1.66. The number of hydrogen-bond acceptors (Lipinski definition) is 3. The predicted molar refractivity (Wildman–Crippen MR) is 123 cm³/mol. The third-order valence-electron chi connectivity index (χ3n) is 5.95. The zero-order valence-electron chi connectivity index (χ0n) is 16.7. The minimum atomic E-state index is 0. The third kappa shape index (κ3) is 4.50. The van der Waals surface area contributed by atoms with E-state index in [1.807, 2.05) is 0 Å². The average Bonchev–Trinajstić information content (AvgIpc) is 3.43. The molecule has 1 aromatic carbocycles. The molecule has 1 saturated carbocycles. The van der Waals surface area contributed by atoms with Gasteiger partial charge in [0.25, 0.3) is 0 Å². The van der Waals surface area contributed by atoms with Crippen LogP contribution in [0.3, 0.4) is 0 Å². The van der Waals surface area contributed by atoms with E-state index in [9.17, 15) is 0 Å². The van der Waals surface area contributed by atoms with Crippen molar-refractivity contribution in [3.05, 3.63) is 47.5 Å². The van der Waals surface area contributed by atoms with E-state index in [-0.39, 0.29) is 29.4 Å². The molecule has 0 atom stereocenters. The van der Waals surface area contributed by atoms with Crippen molar-refractivity contribution < 1.29 is 0 Å². The molecular formula is C21H31IN6. The van der Waals surface area contributed by atoms with E-state index < -0.39 is 0 Å². The normalized spacial score (nSPS) is 17.8. The van der Waals surface area contributed by atoms with Crippen LogP contribution in [0.15, 0.2) is 35.3 Å². The van der Waals surface area contributed by atoms with Gasteiger partial charge in [-0.3, -0.25) is 0 Å². The molecule has 7 heteroatoms. The molecule has 0 amide bonds. The predicted octanol–water partition coefficient (Wildman–Crippen LogP) is 3.41. The molecule has 2 N–H and O–H groups in total. The summed E-state index contributed by atoms with van der Waals surface area (Å²) in [7, 11) is 0. The fourth-order valence-electron chi connectivity index (χ4n) is 4.48. The molecule has 2 aromatic rings. The van der Waals surface area contributed by atoms with Gasteiger partial charge in [-0.1, -0.05) is 43.2 Å². The summed E-state index contributed by atoms with van der Waals surface area (Å²) in [6.45, 7) is 5.46. The Balaban J connectivity index is 0.00000225. The molecule has 0 radical (unpaired) electrons. The van der Waals surface area contributed by atoms with Crippen LogP contribution in [0.1, 0.15) is 56.2 Å². The minimum Gasteiger partial charge on any atom is -0.357 e. The molecule has 0 bridgehead atoms. The van der Waals surface area contributed by atoms with Crippen LogP contribution >= 0.6 is 24.0 Å². The van der Waals surface area contributed by atoms with Crippen molar-refractivity contribution in [2.45, 2.75) is 64.0 Å². The van der Waals surface area contributed by atoms with Gasteiger partial charge in [0.05, 0.1) is 0 Å². The molecule has 2 aliphatic rings. The van der Waals surface area contributed by atoms with E-state index in [0.29, 0.717) is 6.54 Å². The van der Waals surface area contributed by atoms with Gasteiger partial charge < -0.3 is 15.2 Å². The summed E-state index contributed by atoms with van der Waals surface area (Å²) in [6.07, 6.45) is 7.28. The maximum atomic E-state index is 4.79. The molecule has 0 spiro atoms. The van der Waals surface area contributed by atoms with Gasteiger partial charge in [-0.25, -0.2) is 4.99 Å². The molecule has 1 aliphatic carbocycles. The first-order chi connectivity index (χ1) is 13.3. The second-order valence-corrected chi connectivity index (χ2v) is 7.69. The van der Waals surface area contributed by atoms with Crippen LogP contribution in [0.25, 0.3) is 0 Å². The standard InChI is InChI=1S/C21H30N6.HI/c1-2-22-20(23-15-19-26-25-18-11-8-14-27(18)19)24-16-21(12-6-7-13-21)17-9-4-3-5-10-17;/h3-5,9-10H,2,6-8,11-16H2,1H3,(H2,22,23,24);1H. The number of fused-ring (bicyclic) bond motifs is 1. The summed E-state index contributed by atoms with van der Waals surface area (Å²) in [5, 5.41) is 15.6. The lowest BCUT2D eigenvalue weighted by Gasteiger charge is -2.30. The quantitative estimate of drug-likeness (QED) is 0.367. The second kappa shape index (κ2) is 9.71. The highest BCUT2D eigenvalue weighted by atomic mass is 127. The highest BCUT2D eigenvalue weighted by Crippen LogP contribution is 2.40. The Morgan fingerprint density at radius 3 is 2.64 bits per heavy atom. The van der Waals surface area contributed by atoms with E-state index in [4.69, 9.17) is 4.99 Å². The highest BCUT2D eigenvalue weighted by Gasteiger charge is 2.35. The van der Waals surface area contributed by atoms with Crippen LogP contribution < -0.4 is 10.6 Å². The number of nitrogens with zero attached hydrogens (tertiary/aromatic N) is 4. The van der Waals surface area contributed by atoms with Crippen LogP contribution in [0.4, 0.5) is 0 Å².